The van der Waals surface area contributed by atoms with Gasteiger partial charge in [0.05, 0.1) is 39.8 Å². The summed E-state index contributed by atoms with van der Waals surface area (Å²) in [7, 11) is 4.85. The van der Waals surface area contributed by atoms with Crippen molar-refractivity contribution in [1.29, 1.82) is 0 Å². The van der Waals surface area contributed by atoms with Gasteiger partial charge in [-0.25, -0.2) is 4.98 Å². The van der Waals surface area contributed by atoms with Crippen LogP contribution < -0.4 is 24.4 Å². The molecule has 1 N–H and O–H groups in total. The molecule has 0 aliphatic heterocycles. The SMILES string of the molecule is CCCOc1c(/C=N\Nc2nc(-c3ccc(OC)c(OC)c3)cs2)cccc1OC. The Morgan fingerprint density at radius 1 is 1.03 bits per heavy atom. The van der Waals surface area contributed by atoms with Gasteiger partial charge in [0, 0.05) is 16.5 Å². The number of thiazole rings is 1. The Balaban J connectivity index is 1.74. The van der Waals surface area contributed by atoms with Gasteiger partial charge in [-0.1, -0.05) is 13.0 Å². The fourth-order valence-corrected chi connectivity index (χ4v) is 3.43. The van der Waals surface area contributed by atoms with Crippen molar-refractivity contribution in [2.45, 2.75) is 13.3 Å². The summed E-state index contributed by atoms with van der Waals surface area (Å²) in [6.45, 7) is 2.67. The van der Waals surface area contributed by atoms with E-state index in [2.05, 4.69) is 22.4 Å². The lowest BCUT2D eigenvalue weighted by Crippen LogP contribution is -2.01. The Morgan fingerprint density at radius 2 is 1.83 bits per heavy atom. The number of hydrogen-bond donors (Lipinski definition) is 1. The zero-order valence-corrected chi connectivity index (χ0v) is 18.3. The highest BCUT2D eigenvalue weighted by Gasteiger charge is 2.10. The van der Waals surface area contributed by atoms with Crippen LogP contribution in [0, 0.1) is 0 Å². The molecule has 0 amide bonds. The van der Waals surface area contributed by atoms with Crippen LogP contribution in [0.15, 0.2) is 46.9 Å². The van der Waals surface area contributed by atoms with Gasteiger partial charge in [0.2, 0.25) is 5.13 Å². The molecule has 30 heavy (non-hydrogen) atoms. The van der Waals surface area contributed by atoms with E-state index in [4.69, 9.17) is 18.9 Å². The van der Waals surface area contributed by atoms with Crippen LogP contribution in [0.25, 0.3) is 11.3 Å². The third-order valence-corrected chi connectivity index (χ3v) is 4.97. The van der Waals surface area contributed by atoms with Crippen LogP contribution in [-0.4, -0.2) is 39.1 Å². The molecule has 3 aromatic rings. The van der Waals surface area contributed by atoms with Crippen LogP contribution in [-0.2, 0) is 0 Å². The van der Waals surface area contributed by atoms with Gasteiger partial charge >= 0.3 is 0 Å². The van der Waals surface area contributed by atoms with Gasteiger partial charge in [-0.05, 0) is 36.8 Å². The summed E-state index contributed by atoms with van der Waals surface area (Å²) in [5, 5.41) is 6.95. The Kier molecular flexibility index (Phi) is 7.51. The van der Waals surface area contributed by atoms with Crippen molar-refractivity contribution in [3.05, 3.63) is 47.3 Å². The van der Waals surface area contributed by atoms with Crippen molar-refractivity contribution in [2.24, 2.45) is 5.10 Å². The van der Waals surface area contributed by atoms with Crippen LogP contribution in [0.3, 0.4) is 0 Å². The first-order chi connectivity index (χ1) is 14.7. The van der Waals surface area contributed by atoms with Crippen molar-refractivity contribution in [3.8, 4) is 34.3 Å². The molecule has 0 fully saturated rings. The molecule has 0 bridgehead atoms. The Hall–Kier alpha value is -3.26. The number of methoxy groups -OCH3 is 3. The molecule has 2 aromatic carbocycles. The van der Waals surface area contributed by atoms with Crippen LogP contribution in [0.2, 0.25) is 0 Å². The Morgan fingerprint density at radius 3 is 2.57 bits per heavy atom. The van der Waals surface area contributed by atoms with Crippen LogP contribution in [0.4, 0.5) is 5.13 Å². The molecular formula is C22H25N3O4S. The van der Waals surface area contributed by atoms with E-state index in [1.54, 1.807) is 27.5 Å². The first-order valence-electron chi connectivity index (χ1n) is 9.47. The molecule has 7 nitrogen and oxygen atoms in total. The normalized spacial score (nSPS) is 10.8. The smallest absolute Gasteiger partial charge is 0.203 e. The highest BCUT2D eigenvalue weighted by Crippen LogP contribution is 2.34. The van der Waals surface area contributed by atoms with E-state index in [1.807, 2.05) is 41.8 Å². The number of para-hydroxylation sites is 1. The predicted molar refractivity (Wildman–Crippen MR) is 121 cm³/mol. The minimum atomic E-state index is 0.607. The third kappa shape index (κ3) is 5.01. The molecule has 1 aromatic heterocycles. The summed E-state index contributed by atoms with van der Waals surface area (Å²) in [5.74, 6) is 2.70. The van der Waals surface area contributed by atoms with E-state index in [0.717, 1.165) is 23.2 Å². The highest BCUT2D eigenvalue weighted by atomic mass is 32.1. The molecule has 0 aliphatic rings. The number of ether oxygens (including phenoxy) is 4. The lowest BCUT2D eigenvalue weighted by molar-refractivity contribution is 0.294. The topological polar surface area (TPSA) is 74.2 Å². The second-order valence-electron chi connectivity index (χ2n) is 6.20. The maximum atomic E-state index is 5.83. The van der Waals surface area contributed by atoms with Gasteiger partial charge in [0.15, 0.2) is 23.0 Å². The number of aromatic nitrogens is 1. The summed E-state index contributed by atoms with van der Waals surface area (Å²) >= 11 is 1.46. The van der Waals surface area contributed by atoms with E-state index < -0.39 is 0 Å². The molecule has 1 heterocycles. The monoisotopic (exact) mass is 427 g/mol. The molecule has 0 radical (unpaired) electrons. The molecular weight excluding hydrogens is 402 g/mol. The number of nitrogens with zero attached hydrogens (tertiary/aromatic N) is 2. The fraction of sp³-hybridized carbons (Fsp3) is 0.273. The molecule has 0 saturated heterocycles. The fourth-order valence-electron chi connectivity index (χ4n) is 2.76. The number of anilines is 1. The van der Waals surface area contributed by atoms with Crippen LogP contribution in [0.1, 0.15) is 18.9 Å². The van der Waals surface area contributed by atoms with Crippen LogP contribution >= 0.6 is 11.3 Å². The average molecular weight is 428 g/mol. The molecule has 0 unspecified atom stereocenters. The van der Waals surface area contributed by atoms with Crippen molar-refractivity contribution in [2.75, 3.05) is 33.4 Å². The minimum absolute atomic E-state index is 0.607. The Labute approximate surface area is 180 Å². The zero-order valence-electron chi connectivity index (χ0n) is 17.5. The third-order valence-electron chi connectivity index (χ3n) is 4.23. The van der Waals surface area contributed by atoms with Gasteiger partial charge in [0.1, 0.15) is 0 Å². The summed E-state index contributed by atoms with van der Waals surface area (Å²) in [6.07, 6.45) is 2.61. The number of hydrogen-bond acceptors (Lipinski definition) is 8. The molecule has 158 valence electrons. The van der Waals surface area contributed by atoms with Crippen molar-refractivity contribution >= 4 is 22.7 Å². The van der Waals surface area contributed by atoms with Gasteiger partial charge in [-0.2, -0.15) is 5.10 Å². The minimum Gasteiger partial charge on any atom is -0.493 e. The van der Waals surface area contributed by atoms with Crippen molar-refractivity contribution in [1.82, 2.24) is 4.98 Å². The van der Waals surface area contributed by atoms with E-state index in [1.165, 1.54) is 11.3 Å². The van der Waals surface area contributed by atoms with Gasteiger partial charge in [0.25, 0.3) is 0 Å². The highest BCUT2D eigenvalue weighted by molar-refractivity contribution is 7.14. The molecule has 0 atom stereocenters. The zero-order chi connectivity index (χ0) is 21.3. The average Bonchev–Trinajstić information content (AvgIpc) is 3.26. The summed E-state index contributed by atoms with van der Waals surface area (Å²) in [5.41, 5.74) is 5.57. The number of benzene rings is 2. The number of nitrogens with one attached hydrogen (secondary N) is 1. The van der Waals surface area contributed by atoms with Crippen molar-refractivity contribution in [3.63, 3.8) is 0 Å². The standard InChI is InChI=1S/C22H25N3O4S/c1-5-11-29-21-16(7-6-8-19(21)27-3)13-23-25-22-24-17(14-30-22)15-9-10-18(26-2)20(12-15)28-4/h6-10,12-14H,5,11H2,1-4H3,(H,24,25)/b23-13-. The van der Waals surface area contributed by atoms with E-state index in [9.17, 15) is 0 Å². The number of hydrazone groups is 1. The lowest BCUT2D eigenvalue weighted by Gasteiger charge is -2.12. The quantitative estimate of drug-likeness (QED) is 0.360. The van der Waals surface area contributed by atoms with Crippen LogP contribution in [0.5, 0.6) is 23.0 Å². The Bertz CT molecular complexity index is 1000. The maximum Gasteiger partial charge on any atom is 0.203 e. The molecule has 0 spiro atoms. The molecule has 0 saturated carbocycles. The lowest BCUT2D eigenvalue weighted by atomic mass is 10.1. The van der Waals surface area contributed by atoms with E-state index in [0.29, 0.717) is 34.7 Å². The molecule has 0 aliphatic carbocycles. The van der Waals surface area contributed by atoms with E-state index in [-0.39, 0.29) is 0 Å². The summed E-state index contributed by atoms with van der Waals surface area (Å²) in [4.78, 5) is 4.59. The largest absolute Gasteiger partial charge is 0.493 e. The maximum absolute atomic E-state index is 5.83. The van der Waals surface area contributed by atoms with Gasteiger partial charge in [-0.3, -0.25) is 5.43 Å². The summed E-state index contributed by atoms with van der Waals surface area (Å²) < 4.78 is 21.9. The number of rotatable bonds is 10. The van der Waals surface area contributed by atoms with Gasteiger partial charge in [-0.15, -0.1) is 11.3 Å². The first kappa shape index (κ1) is 21.4. The van der Waals surface area contributed by atoms with Gasteiger partial charge < -0.3 is 18.9 Å². The predicted octanol–water partition coefficient (Wildman–Crippen LogP) is 5.07. The van der Waals surface area contributed by atoms with Crippen molar-refractivity contribution < 1.29 is 18.9 Å². The molecule has 8 heteroatoms. The first-order valence-corrected chi connectivity index (χ1v) is 10.3. The second kappa shape index (κ2) is 10.5. The summed E-state index contributed by atoms with van der Waals surface area (Å²) in [6, 6.07) is 11.4. The van der Waals surface area contributed by atoms with E-state index >= 15 is 0 Å². The molecule has 3 rings (SSSR count). The second-order valence-corrected chi connectivity index (χ2v) is 7.06.